The van der Waals surface area contributed by atoms with Gasteiger partial charge >= 0.3 is 0 Å². The third kappa shape index (κ3) is 6.39. The second-order valence-electron chi connectivity index (χ2n) is 4.36. The molecule has 0 saturated heterocycles. The fraction of sp³-hybridized carbons (Fsp3) is 1.00. The number of hydrogen-bond acceptors (Lipinski definition) is 2. The van der Waals surface area contributed by atoms with Crippen LogP contribution in [0.4, 0.5) is 0 Å². The van der Waals surface area contributed by atoms with Crippen LogP contribution >= 0.6 is 0 Å². The van der Waals surface area contributed by atoms with Crippen LogP contribution in [0.5, 0.6) is 0 Å². The zero-order valence-electron chi connectivity index (χ0n) is 10.2. The van der Waals surface area contributed by atoms with E-state index in [9.17, 15) is 0 Å². The van der Waals surface area contributed by atoms with Crippen LogP contribution < -0.4 is 11.3 Å². The van der Waals surface area contributed by atoms with E-state index in [2.05, 4.69) is 26.2 Å². The first-order valence-electron chi connectivity index (χ1n) is 6.22. The van der Waals surface area contributed by atoms with E-state index in [1.807, 2.05) is 0 Å². The van der Waals surface area contributed by atoms with Crippen molar-refractivity contribution in [2.45, 2.75) is 71.8 Å². The molecule has 0 saturated carbocycles. The number of hydrogen-bond donors (Lipinski definition) is 2. The third-order valence-corrected chi connectivity index (χ3v) is 3.16. The molecule has 0 aromatic heterocycles. The molecule has 0 amide bonds. The molecule has 0 aliphatic heterocycles. The van der Waals surface area contributed by atoms with Gasteiger partial charge in [0.25, 0.3) is 0 Å². The molecule has 2 unspecified atom stereocenters. The normalized spacial score (nSPS) is 15.4. The molecule has 0 heterocycles. The Morgan fingerprint density at radius 3 is 2.21 bits per heavy atom. The zero-order chi connectivity index (χ0) is 10.8. The molecule has 0 spiro atoms. The Bertz CT molecular complexity index is 115. The lowest BCUT2D eigenvalue weighted by atomic mass is 9.94. The predicted octanol–water partition coefficient (Wildman–Crippen LogP) is 3.22. The molecule has 2 atom stereocenters. The molecular weight excluding hydrogens is 172 g/mol. The van der Waals surface area contributed by atoms with Crippen LogP contribution in [0, 0.1) is 5.92 Å². The van der Waals surface area contributed by atoms with Crippen LogP contribution in [0.15, 0.2) is 0 Å². The van der Waals surface area contributed by atoms with Gasteiger partial charge in [-0.05, 0) is 12.3 Å². The summed E-state index contributed by atoms with van der Waals surface area (Å²) in [5.41, 5.74) is 2.94. The maximum Gasteiger partial charge on any atom is 0.0236 e. The first-order chi connectivity index (χ1) is 6.76. The molecule has 0 aliphatic rings. The minimum Gasteiger partial charge on any atom is -0.271 e. The van der Waals surface area contributed by atoms with E-state index in [0.29, 0.717) is 12.0 Å². The molecule has 14 heavy (non-hydrogen) atoms. The zero-order valence-corrected chi connectivity index (χ0v) is 10.2. The van der Waals surface area contributed by atoms with Crippen molar-refractivity contribution in [3.05, 3.63) is 0 Å². The van der Waals surface area contributed by atoms with Gasteiger partial charge in [-0.15, -0.1) is 0 Å². The third-order valence-electron chi connectivity index (χ3n) is 3.16. The summed E-state index contributed by atoms with van der Waals surface area (Å²) in [6.07, 6.45) is 9.21. The lowest BCUT2D eigenvalue weighted by molar-refractivity contribution is 0.342. The summed E-state index contributed by atoms with van der Waals surface area (Å²) in [7, 11) is 0. The van der Waals surface area contributed by atoms with Crippen LogP contribution in [-0.4, -0.2) is 6.04 Å². The highest BCUT2D eigenvalue weighted by Gasteiger charge is 2.12. The van der Waals surface area contributed by atoms with Gasteiger partial charge in [0.1, 0.15) is 0 Å². The Balaban J connectivity index is 3.42. The highest BCUT2D eigenvalue weighted by Crippen LogP contribution is 2.14. The number of unbranched alkanes of at least 4 members (excludes halogenated alkanes) is 4. The van der Waals surface area contributed by atoms with Crippen LogP contribution in [0.1, 0.15) is 65.7 Å². The highest BCUT2D eigenvalue weighted by atomic mass is 15.2. The smallest absolute Gasteiger partial charge is 0.0236 e. The van der Waals surface area contributed by atoms with Crippen molar-refractivity contribution in [2.75, 3.05) is 0 Å². The quantitative estimate of drug-likeness (QED) is 0.341. The van der Waals surface area contributed by atoms with Crippen molar-refractivity contribution < 1.29 is 0 Å². The number of nitrogens with one attached hydrogen (secondary N) is 1. The van der Waals surface area contributed by atoms with Gasteiger partial charge in [0.05, 0.1) is 0 Å². The van der Waals surface area contributed by atoms with E-state index >= 15 is 0 Å². The van der Waals surface area contributed by atoms with Gasteiger partial charge in [0.2, 0.25) is 0 Å². The van der Waals surface area contributed by atoms with Crippen LogP contribution in [0.2, 0.25) is 0 Å². The maximum absolute atomic E-state index is 5.54. The molecule has 0 aromatic rings. The average Bonchev–Trinajstić information content (AvgIpc) is 2.22. The largest absolute Gasteiger partial charge is 0.271 e. The van der Waals surface area contributed by atoms with E-state index in [1.54, 1.807) is 0 Å². The van der Waals surface area contributed by atoms with Gasteiger partial charge < -0.3 is 0 Å². The fourth-order valence-electron chi connectivity index (χ4n) is 1.78. The van der Waals surface area contributed by atoms with Crippen molar-refractivity contribution in [3.63, 3.8) is 0 Å². The molecule has 0 fully saturated rings. The van der Waals surface area contributed by atoms with E-state index in [4.69, 9.17) is 5.84 Å². The topological polar surface area (TPSA) is 38.0 Å². The van der Waals surface area contributed by atoms with E-state index in [0.717, 1.165) is 0 Å². The minimum atomic E-state index is 0.515. The number of nitrogens with two attached hydrogens (primary N) is 1. The van der Waals surface area contributed by atoms with Crippen molar-refractivity contribution >= 4 is 0 Å². The second-order valence-corrected chi connectivity index (χ2v) is 4.36. The molecule has 86 valence electrons. The summed E-state index contributed by atoms with van der Waals surface area (Å²) >= 11 is 0. The lowest BCUT2D eigenvalue weighted by Crippen LogP contribution is -2.39. The molecule has 0 radical (unpaired) electrons. The standard InChI is InChI=1S/C12H28N2/c1-4-6-7-8-9-10-12(14-13)11(3)5-2/h11-12,14H,4-10,13H2,1-3H3. The first kappa shape index (κ1) is 13.9. The Kier molecular flexibility index (Phi) is 9.42. The second kappa shape index (κ2) is 9.47. The molecule has 2 nitrogen and oxygen atoms in total. The molecule has 3 N–H and O–H groups in total. The van der Waals surface area contributed by atoms with Crippen molar-refractivity contribution in [1.29, 1.82) is 0 Å². The summed E-state index contributed by atoms with van der Waals surface area (Å²) in [6, 6.07) is 0.515. The van der Waals surface area contributed by atoms with E-state index in [-0.39, 0.29) is 0 Å². The summed E-state index contributed by atoms with van der Waals surface area (Å²) < 4.78 is 0. The van der Waals surface area contributed by atoms with Gasteiger partial charge in [-0.1, -0.05) is 59.3 Å². The minimum absolute atomic E-state index is 0.515. The highest BCUT2D eigenvalue weighted by molar-refractivity contribution is 4.69. The Morgan fingerprint density at radius 2 is 1.71 bits per heavy atom. The fourth-order valence-corrected chi connectivity index (χ4v) is 1.78. The van der Waals surface area contributed by atoms with Crippen LogP contribution in [0.25, 0.3) is 0 Å². The van der Waals surface area contributed by atoms with Gasteiger partial charge in [0.15, 0.2) is 0 Å². The van der Waals surface area contributed by atoms with Crippen molar-refractivity contribution in [3.8, 4) is 0 Å². The van der Waals surface area contributed by atoms with Crippen molar-refractivity contribution in [1.82, 2.24) is 5.43 Å². The Morgan fingerprint density at radius 1 is 1.07 bits per heavy atom. The van der Waals surface area contributed by atoms with Crippen LogP contribution in [-0.2, 0) is 0 Å². The first-order valence-corrected chi connectivity index (χ1v) is 6.22. The summed E-state index contributed by atoms with van der Waals surface area (Å²) in [6.45, 7) is 6.76. The van der Waals surface area contributed by atoms with Crippen molar-refractivity contribution in [2.24, 2.45) is 11.8 Å². The molecule has 2 heteroatoms. The molecule has 0 aliphatic carbocycles. The summed E-state index contributed by atoms with van der Waals surface area (Å²) in [5.74, 6) is 6.24. The Hall–Kier alpha value is -0.0800. The molecular formula is C12H28N2. The summed E-state index contributed by atoms with van der Waals surface area (Å²) in [5, 5.41) is 0. The monoisotopic (exact) mass is 200 g/mol. The average molecular weight is 200 g/mol. The van der Waals surface area contributed by atoms with Crippen LogP contribution in [0.3, 0.4) is 0 Å². The van der Waals surface area contributed by atoms with E-state index in [1.165, 1.54) is 44.9 Å². The molecule has 0 bridgehead atoms. The number of hydrazine groups is 1. The number of rotatable bonds is 9. The predicted molar refractivity (Wildman–Crippen MR) is 63.9 cm³/mol. The van der Waals surface area contributed by atoms with Gasteiger partial charge in [-0.2, -0.15) is 0 Å². The summed E-state index contributed by atoms with van der Waals surface area (Å²) in [4.78, 5) is 0. The lowest BCUT2D eigenvalue weighted by Gasteiger charge is -2.21. The maximum atomic E-state index is 5.54. The van der Waals surface area contributed by atoms with Gasteiger partial charge in [0, 0.05) is 6.04 Å². The molecule has 0 rings (SSSR count). The van der Waals surface area contributed by atoms with Gasteiger partial charge in [-0.25, -0.2) is 0 Å². The SMILES string of the molecule is CCCCCCCC(NN)C(C)CC. The van der Waals surface area contributed by atoms with Gasteiger partial charge in [-0.3, -0.25) is 11.3 Å². The van der Waals surface area contributed by atoms with E-state index < -0.39 is 0 Å². The molecule has 0 aromatic carbocycles. The Labute approximate surface area is 89.6 Å².